The zero-order valence-corrected chi connectivity index (χ0v) is 9.04. The number of nitroso groups, excluding NO2 is 1. The smallest absolute Gasteiger partial charge is 0.311 e. The van der Waals surface area contributed by atoms with Gasteiger partial charge in [0.05, 0.1) is 12.6 Å². The molecule has 0 spiro atoms. The maximum absolute atomic E-state index is 11.0. The largest absolute Gasteiger partial charge is 0.367 e. The topological polar surface area (TPSA) is 111 Å². The van der Waals surface area contributed by atoms with E-state index in [0.29, 0.717) is 6.54 Å². The van der Waals surface area contributed by atoms with Crippen molar-refractivity contribution in [2.45, 2.75) is 25.8 Å². The quantitative estimate of drug-likeness (QED) is 0.125. The zero-order valence-electron chi connectivity index (χ0n) is 9.04. The maximum atomic E-state index is 11.0. The van der Waals surface area contributed by atoms with Gasteiger partial charge in [-0.3, -0.25) is 15.5 Å². The molecule has 7 nitrogen and oxygen atoms in total. The normalized spacial score (nSPS) is 13.3. The highest BCUT2D eigenvalue weighted by Crippen LogP contribution is 1.95. The highest BCUT2D eigenvalue weighted by atomic mass is 16.3. The third kappa shape index (κ3) is 6.55. The van der Waals surface area contributed by atoms with E-state index in [1.807, 2.05) is 5.43 Å². The Bertz CT molecular complexity index is 241. The van der Waals surface area contributed by atoms with E-state index in [9.17, 15) is 9.70 Å². The van der Waals surface area contributed by atoms with Gasteiger partial charge in [-0.2, -0.15) is 0 Å². The molecule has 86 valence electrons. The van der Waals surface area contributed by atoms with Crippen LogP contribution in [0.2, 0.25) is 0 Å². The predicted octanol–water partition coefficient (Wildman–Crippen LogP) is -2.39. The number of guanidine groups is 1. The average molecular weight is 216 g/mol. The summed E-state index contributed by atoms with van der Waals surface area (Å²) in [6.07, 6.45) is 1.49. The summed E-state index contributed by atoms with van der Waals surface area (Å²) in [7, 11) is 1.75. The average Bonchev–Trinajstić information content (AvgIpc) is 2.17. The van der Waals surface area contributed by atoms with E-state index in [0.717, 1.165) is 12.8 Å². The van der Waals surface area contributed by atoms with Crippen LogP contribution in [-0.2, 0) is 4.79 Å². The van der Waals surface area contributed by atoms with Gasteiger partial charge in [0.15, 0.2) is 0 Å². The van der Waals surface area contributed by atoms with E-state index in [1.54, 1.807) is 14.0 Å². The van der Waals surface area contributed by atoms with E-state index < -0.39 is 0 Å². The van der Waals surface area contributed by atoms with Gasteiger partial charge in [0.25, 0.3) is 0 Å². The lowest BCUT2D eigenvalue weighted by molar-refractivity contribution is -0.461. The number of hydrogen-bond donors (Lipinski definition) is 4. The highest BCUT2D eigenvalue weighted by Gasteiger charge is 2.10. The first-order chi connectivity index (χ1) is 7.11. The number of nitrogens with two attached hydrogens (primary N) is 1. The van der Waals surface area contributed by atoms with Crippen molar-refractivity contribution in [2.24, 2.45) is 11.0 Å². The molecule has 0 saturated heterocycles. The van der Waals surface area contributed by atoms with Crippen LogP contribution in [0, 0.1) is 4.91 Å². The van der Waals surface area contributed by atoms with Crippen LogP contribution in [0.15, 0.2) is 5.29 Å². The molecule has 0 amide bonds. The summed E-state index contributed by atoms with van der Waals surface area (Å²) in [5, 5.41) is 5.32. The van der Waals surface area contributed by atoms with Crippen molar-refractivity contribution in [3.05, 3.63) is 4.91 Å². The second-order valence-electron chi connectivity index (χ2n) is 3.14. The number of carbonyl (C=O) groups is 1. The van der Waals surface area contributed by atoms with Crippen molar-refractivity contribution in [1.29, 1.82) is 0 Å². The number of Topliss-reactive ketones (excluding diaryl/α,β-unsaturated/α-hetero) is 1. The molecule has 0 aliphatic carbocycles. The fourth-order valence-electron chi connectivity index (χ4n) is 1.17. The number of carbonyl (C=O) groups excluding carboxylic acids is 1. The number of nitrogens with one attached hydrogen (secondary N) is 3. The number of likely N-dealkylation sites (N-methyl/N-ethyl adjacent to an activating group) is 1. The Labute approximate surface area is 88.5 Å². The lowest BCUT2D eigenvalue weighted by Gasteiger charge is -2.10. The summed E-state index contributed by atoms with van der Waals surface area (Å²) in [4.78, 5) is 23.5. The Hall–Kier alpha value is -1.50. The van der Waals surface area contributed by atoms with Crippen LogP contribution in [0.4, 0.5) is 0 Å². The summed E-state index contributed by atoms with van der Waals surface area (Å²) in [6.45, 7) is 2.13. The molecule has 0 aliphatic rings. The first kappa shape index (κ1) is 13.5. The number of hydrogen-bond acceptors (Lipinski definition) is 4. The third-order valence-electron chi connectivity index (χ3n) is 1.99. The molecule has 0 aliphatic heterocycles. The Morgan fingerprint density at radius 2 is 2.27 bits per heavy atom. The molecule has 0 saturated carbocycles. The van der Waals surface area contributed by atoms with E-state index in [-0.39, 0.29) is 17.8 Å². The molecule has 0 rings (SSSR count). The van der Waals surface area contributed by atoms with Crippen LogP contribution < -0.4 is 21.5 Å². The fraction of sp³-hybridized carbons (Fsp3) is 0.750. The second-order valence-corrected chi connectivity index (χ2v) is 3.14. The summed E-state index contributed by atoms with van der Waals surface area (Å²) >= 11 is 0. The first-order valence-corrected chi connectivity index (χ1v) is 4.74. The van der Waals surface area contributed by atoms with Gasteiger partial charge >= 0.3 is 5.96 Å². The van der Waals surface area contributed by atoms with Crippen molar-refractivity contribution in [3.8, 4) is 0 Å². The molecule has 1 unspecified atom stereocenters. The second kappa shape index (κ2) is 7.86. The molecular formula is C8H18N5O2+. The van der Waals surface area contributed by atoms with Crippen molar-refractivity contribution in [1.82, 2.24) is 10.7 Å². The van der Waals surface area contributed by atoms with Crippen LogP contribution in [0.1, 0.15) is 19.8 Å². The van der Waals surface area contributed by atoms with Gasteiger partial charge < -0.3 is 5.32 Å². The summed E-state index contributed by atoms with van der Waals surface area (Å²) in [5.74, 6) is 0.232. The summed E-state index contributed by atoms with van der Waals surface area (Å²) < 4.78 is 0. The monoisotopic (exact) mass is 216 g/mol. The number of rotatable bonds is 7. The zero-order chi connectivity index (χ0) is 11.7. The molecule has 0 aromatic carbocycles. The Balaban J connectivity index is 3.73. The van der Waals surface area contributed by atoms with E-state index in [4.69, 9.17) is 5.73 Å². The molecule has 7 heteroatoms. The predicted molar refractivity (Wildman–Crippen MR) is 56.7 cm³/mol. The summed E-state index contributed by atoms with van der Waals surface area (Å²) in [6, 6.07) is -0.120. The van der Waals surface area contributed by atoms with E-state index in [1.165, 1.54) is 0 Å². The van der Waals surface area contributed by atoms with Gasteiger partial charge in [0.2, 0.25) is 0 Å². The lowest BCUT2D eigenvalue weighted by atomic mass is 10.1. The SMILES string of the molecule is CNC(CCC[NH+]=C(N)NN=O)C(C)=O. The number of ketones is 1. The fourth-order valence-corrected chi connectivity index (χ4v) is 1.17. The van der Waals surface area contributed by atoms with E-state index in [2.05, 4.69) is 15.6 Å². The van der Waals surface area contributed by atoms with Crippen LogP contribution >= 0.6 is 0 Å². The van der Waals surface area contributed by atoms with Crippen molar-refractivity contribution < 1.29 is 9.79 Å². The van der Waals surface area contributed by atoms with Gasteiger partial charge in [-0.1, -0.05) is 0 Å². The Morgan fingerprint density at radius 3 is 2.73 bits per heavy atom. The van der Waals surface area contributed by atoms with Gasteiger partial charge in [-0.05, 0) is 26.8 Å². The molecule has 1 atom stereocenters. The molecule has 5 N–H and O–H groups in total. The molecule has 0 fully saturated rings. The van der Waals surface area contributed by atoms with Crippen molar-refractivity contribution in [2.75, 3.05) is 13.6 Å². The molecule has 15 heavy (non-hydrogen) atoms. The summed E-state index contributed by atoms with van der Waals surface area (Å²) in [5.41, 5.74) is 7.35. The molecule has 0 aromatic heterocycles. The Morgan fingerprint density at radius 1 is 1.60 bits per heavy atom. The van der Waals surface area contributed by atoms with E-state index >= 15 is 0 Å². The van der Waals surface area contributed by atoms with Crippen LogP contribution in [0.5, 0.6) is 0 Å². The van der Waals surface area contributed by atoms with Crippen molar-refractivity contribution in [3.63, 3.8) is 0 Å². The standard InChI is InChI=1S/C8H17N5O2/c1-6(14)7(10-2)4-3-5-11-8(9)12-13-15/h7,10H,3-5H2,1-2H3,(H3,9,11,12,15)/p+1. The van der Waals surface area contributed by atoms with Crippen LogP contribution in [0.25, 0.3) is 0 Å². The maximum Gasteiger partial charge on any atom is 0.367 e. The minimum absolute atomic E-state index is 0.113. The van der Waals surface area contributed by atoms with Gasteiger partial charge in [-0.25, -0.2) is 0 Å². The van der Waals surface area contributed by atoms with Gasteiger partial charge in [0, 0.05) is 0 Å². The van der Waals surface area contributed by atoms with Gasteiger partial charge in [-0.15, -0.1) is 10.3 Å². The number of nitrogens with zero attached hydrogens (tertiary/aromatic N) is 1. The van der Waals surface area contributed by atoms with Crippen molar-refractivity contribution >= 4 is 11.7 Å². The first-order valence-electron chi connectivity index (χ1n) is 4.74. The molecule has 0 heterocycles. The molecular weight excluding hydrogens is 198 g/mol. The third-order valence-corrected chi connectivity index (χ3v) is 1.99. The Kier molecular flexibility index (Phi) is 7.08. The lowest BCUT2D eigenvalue weighted by Crippen LogP contribution is -2.78. The van der Waals surface area contributed by atoms with Crippen LogP contribution in [0.3, 0.4) is 0 Å². The molecule has 0 radical (unpaired) electrons. The van der Waals surface area contributed by atoms with Crippen LogP contribution in [-0.4, -0.2) is 31.4 Å². The minimum atomic E-state index is -0.120. The molecule has 0 bridgehead atoms. The highest BCUT2D eigenvalue weighted by molar-refractivity contribution is 5.81. The minimum Gasteiger partial charge on any atom is -0.311 e. The molecule has 0 aromatic rings. The van der Waals surface area contributed by atoms with Gasteiger partial charge in [0.1, 0.15) is 11.1 Å².